The number of H-pyrrole nitrogens is 2. The van der Waals surface area contributed by atoms with Crippen molar-refractivity contribution in [3.8, 4) is 0 Å². The number of fused-ring (bicyclic) bond motifs is 1. The lowest BCUT2D eigenvalue weighted by Crippen LogP contribution is -2.28. The fourth-order valence-corrected chi connectivity index (χ4v) is 1.32. The van der Waals surface area contributed by atoms with Gasteiger partial charge in [0.05, 0.1) is 21.7 Å². The lowest BCUT2D eigenvalue weighted by atomic mass is 10.2. The number of anilines is 1. The van der Waals surface area contributed by atoms with Crippen molar-refractivity contribution < 1.29 is 0 Å². The number of hydrogen-bond donors (Lipinski definition) is 3. The molecule has 1 heterocycles. The van der Waals surface area contributed by atoms with Crippen LogP contribution >= 0.6 is 11.6 Å². The molecule has 0 bridgehead atoms. The number of nitrogen functional groups attached to an aromatic ring is 1. The van der Waals surface area contributed by atoms with E-state index < -0.39 is 11.1 Å². The Bertz CT molecular complexity index is 559. The summed E-state index contributed by atoms with van der Waals surface area (Å²) in [7, 11) is 0. The van der Waals surface area contributed by atoms with Crippen LogP contribution < -0.4 is 16.9 Å². The second-order valence-electron chi connectivity index (χ2n) is 2.83. The molecule has 2 aromatic rings. The molecular formula is C8H6ClN3O2. The Morgan fingerprint density at radius 2 is 1.57 bits per heavy atom. The lowest BCUT2D eigenvalue weighted by molar-refractivity contribution is 1.15. The third-order valence-electron chi connectivity index (χ3n) is 1.84. The molecule has 1 aromatic heterocycles. The van der Waals surface area contributed by atoms with Gasteiger partial charge >= 0.3 is 11.1 Å². The molecule has 0 unspecified atom stereocenters. The van der Waals surface area contributed by atoms with Crippen LogP contribution in [0.25, 0.3) is 11.0 Å². The molecule has 1 aromatic carbocycles. The van der Waals surface area contributed by atoms with Crippen molar-refractivity contribution in [1.82, 2.24) is 9.97 Å². The van der Waals surface area contributed by atoms with Crippen LogP contribution in [-0.2, 0) is 0 Å². The molecule has 0 fully saturated rings. The maximum Gasteiger partial charge on any atom is 0.314 e. The fraction of sp³-hybridized carbons (Fsp3) is 0. The van der Waals surface area contributed by atoms with Gasteiger partial charge in [0.1, 0.15) is 0 Å². The summed E-state index contributed by atoms with van der Waals surface area (Å²) in [4.78, 5) is 26.7. The second kappa shape index (κ2) is 2.88. The summed E-state index contributed by atoms with van der Waals surface area (Å²) in [5.74, 6) is 0. The van der Waals surface area contributed by atoms with Crippen LogP contribution in [0.5, 0.6) is 0 Å². The zero-order valence-corrected chi connectivity index (χ0v) is 7.68. The van der Waals surface area contributed by atoms with E-state index in [1.807, 2.05) is 0 Å². The molecule has 0 aliphatic carbocycles. The summed E-state index contributed by atoms with van der Waals surface area (Å²) < 4.78 is 0. The third kappa shape index (κ3) is 1.27. The van der Waals surface area contributed by atoms with Gasteiger partial charge in [0, 0.05) is 0 Å². The van der Waals surface area contributed by atoms with Gasteiger partial charge in [-0.2, -0.15) is 0 Å². The maximum atomic E-state index is 11.0. The second-order valence-corrected chi connectivity index (χ2v) is 3.23. The fourth-order valence-electron chi connectivity index (χ4n) is 1.15. The third-order valence-corrected chi connectivity index (χ3v) is 2.17. The summed E-state index contributed by atoms with van der Waals surface area (Å²) >= 11 is 5.74. The van der Waals surface area contributed by atoms with Crippen molar-refractivity contribution in [2.24, 2.45) is 0 Å². The van der Waals surface area contributed by atoms with E-state index in [4.69, 9.17) is 17.3 Å². The van der Waals surface area contributed by atoms with E-state index in [1.165, 1.54) is 12.1 Å². The normalized spacial score (nSPS) is 10.6. The van der Waals surface area contributed by atoms with Crippen molar-refractivity contribution in [3.63, 3.8) is 0 Å². The zero-order valence-electron chi connectivity index (χ0n) is 6.93. The molecule has 0 aliphatic heterocycles. The van der Waals surface area contributed by atoms with E-state index in [2.05, 4.69) is 9.97 Å². The number of rotatable bonds is 0. The molecule has 0 saturated carbocycles. The molecule has 0 aliphatic rings. The Morgan fingerprint density at radius 3 is 2.14 bits per heavy atom. The smallest absolute Gasteiger partial charge is 0.314 e. The summed E-state index contributed by atoms with van der Waals surface area (Å²) in [5.41, 5.74) is 5.37. The SMILES string of the molecule is Nc1cc2[nH]c(=O)c(=O)[nH]c2cc1Cl. The van der Waals surface area contributed by atoms with Gasteiger partial charge in [0.2, 0.25) is 0 Å². The predicted molar refractivity (Wildman–Crippen MR) is 54.6 cm³/mol. The Morgan fingerprint density at radius 1 is 1.07 bits per heavy atom. The summed E-state index contributed by atoms with van der Waals surface area (Å²) in [5, 5.41) is 0.334. The Labute approximate surface area is 82.5 Å². The Kier molecular flexibility index (Phi) is 1.82. The molecule has 6 heteroatoms. The number of benzene rings is 1. The van der Waals surface area contributed by atoms with Crippen molar-refractivity contribution in [2.45, 2.75) is 0 Å². The topological polar surface area (TPSA) is 91.7 Å². The van der Waals surface area contributed by atoms with Gasteiger partial charge in [0.15, 0.2) is 0 Å². The van der Waals surface area contributed by atoms with Crippen molar-refractivity contribution in [1.29, 1.82) is 0 Å². The van der Waals surface area contributed by atoms with E-state index in [1.54, 1.807) is 0 Å². The number of aromatic amines is 2. The number of aromatic nitrogens is 2. The van der Waals surface area contributed by atoms with Crippen molar-refractivity contribution in [3.05, 3.63) is 37.9 Å². The number of halogens is 1. The highest BCUT2D eigenvalue weighted by Crippen LogP contribution is 2.21. The van der Waals surface area contributed by atoms with Gasteiger partial charge < -0.3 is 15.7 Å². The minimum absolute atomic E-state index is 0.334. The monoisotopic (exact) mass is 211 g/mol. The molecule has 72 valence electrons. The number of nitrogens with one attached hydrogen (secondary N) is 2. The number of nitrogens with two attached hydrogens (primary N) is 1. The minimum atomic E-state index is -0.710. The molecule has 14 heavy (non-hydrogen) atoms. The van der Waals surface area contributed by atoms with Crippen LogP contribution in [0.15, 0.2) is 21.7 Å². The van der Waals surface area contributed by atoms with Crippen LogP contribution in [0, 0.1) is 0 Å². The van der Waals surface area contributed by atoms with Gasteiger partial charge in [-0.1, -0.05) is 11.6 Å². The largest absolute Gasteiger partial charge is 0.397 e. The molecular weight excluding hydrogens is 206 g/mol. The van der Waals surface area contributed by atoms with E-state index >= 15 is 0 Å². The summed E-state index contributed by atoms with van der Waals surface area (Å²) in [6.45, 7) is 0. The van der Waals surface area contributed by atoms with Crippen molar-refractivity contribution >= 4 is 28.3 Å². The van der Waals surface area contributed by atoms with E-state index in [-0.39, 0.29) is 0 Å². The number of hydrogen-bond acceptors (Lipinski definition) is 3. The maximum absolute atomic E-state index is 11.0. The predicted octanol–water partition coefficient (Wildman–Crippen LogP) is 0.452. The highest BCUT2D eigenvalue weighted by Gasteiger charge is 2.02. The van der Waals surface area contributed by atoms with Gasteiger partial charge in [-0.15, -0.1) is 0 Å². The van der Waals surface area contributed by atoms with Crippen LogP contribution in [-0.4, -0.2) is 9.97 Å². The molecule has 5 nitrogen and oxygen atoms in total. The van der Waals surface area contributed by atoms with Crippen molar-refractivity contribution in [2.75, 3.05) is 5.73 Å². The van der Waals surface area contributed by atoms with Gasteiger partial charge in [-0.05, 0) is 12.1 Å². The first-order valence-electron chi connectivity index (χ1n) is 3.79. The van der Waals surface area contributed by atoms with E-state index in [0.717, 1.165) is 0 Å². The summed E-state index contributed by atoms with van der Waals surface area (Å²) in [6, 6.07) is 2.98. The van der Waals surface area contributed by atoms with Gasteiger partial charge in [-0.3, -0.25) is 9.59 Å². The first-order valence-corrected chi connectivity index (χ1v) is 4.17. The van der Waals surface area contributed by atoms with Crippen LogP contribution in [0.4, 0.5) is 5.69 Å². The molecule has 0 saturated heterocycles. The molecule has 0 radical (unpaired) electrons. The van der Waals surface area contributed by atoms with E-state index in [0.29, 0.717) is 21.7 Å². The van der Waals surface area contributed by atoms with Crippen LogP contribution in [0.3, 0.4) is 0 Å². The molecule has 0 spiro atoms. The molecule has 4 N–H and O–H groups in total. The Hall–Kier alpha value is -1.75. The first kappa shape index (κ1) is 8.83. The lowest BCUT2D eigenvalue weighted by Gasteiger charge is -2.00. The quantitative estimate of drug-likeness (QED) is 0.437. The molecule has 2 rings (SSSR count). The van der Waals surface area contributed by atoms with E-state index in [9.17, 15) is 9.59 Å². The highest BCUT2D eigenvalue weighted by molar-refractivity contribution is 6.33. The zero-order chi connectivity index (χ0) is 10.3. The van der Waals surface area contributed by atoms with Crippen LogP contribution in [0.2, 0.25) is 5.02 Å². The average molecular weight is 212 g/mol. The standard InChI is InChI=1S/C8H6ClN3O2/c9-3-1-5-6(2-4(3)10)12-8(14)7(13)11-5/h1-2H,10H2,(H,11,13)(H,12,14). The highest BCUT2D eigenvalue weighted by atomic mass is 35.5. The van der Waals surface area contributed by atoms with Gasteiger partial charge in [-0.25, -0.2) is 0 Å². The summed E-state index contributed by atoms with van der Waals surface area (Å²) in [6.07, 6.45) is 0. The molecule has 0 atom stereocenters. The minimum Gasteiger partial charge on any atom is -0.397 e. The molecule has 0 amide bonds. The average Bonchev–Trinajstić information content (AvgIpc) is 2.11. The Balaban J connectivity index is 2.97. The first-order chi connectivity index (χ1) is 6.58. The van der Waals surface area contributed by atoms with Gasteiger partial charge in [0.25, 0.3) is 0 Å². The van der Waals surface area contributed by atoms with Crippen LogP contribution in [0.1, 0.15) is 0 Å².